The number of hydrogen-bond acceptors (Lipinski definition) is 5. The molecule has 0 aliphatic heterocycles. The summed E-state index contributed by atoms with van der Waals surface area (Å²) in [5.74, 6) is 0.811. The van der Waals surface area contributed by atoms with Crippen LogP contribution in [-0.4, -0.2) is 57.1 Å². The Kier molecular flexibility index (Phi) is 6.33. The molecule has 0 fully saturated rings. The van der Waals surface area contributed by atoms with E-state index in [2.05, 4.69) is 52.0 Å². The third-order valence-electron chi connectivity index (χ3n) is 4.44. The van der Waals surface area contributed by atoms with Crippen molar-refractivity contribution in [1.82, 2.24) is 24.4 Å². The second-order valence-corrected chi connectivity index (χ2v) is 5.77. The molecule has 0 aliphatic rings. The van der Waals surface area contributed by atoms with Crippen molar-refractivity contribution in [2.45, 2.75) is 47.6 Å². The molecule has 0 N–H and O–H groups in total. The molecule has 2 heterocycles. The fourth-order valence-electron chi connectivity index (χ4n) is 2.89. The van der Waals surface area contributed by atoms with Gasteiger partial charge in [0, 0.05) is 19.6 Å². The molecule has 0 aliphatic carbocycles. The number of imidazole rings is 1. The Morgan fingerprint density at radius 3 is 2.30 bits per heavy atom. The van der Waals surface area contributed by atoms with Gasteiger partial charge in [0.2, 0.25) is 5.95 Å². The smallest absolute Gasteiger partial charge is 0.227 e. The molecule has 0 aromatic carbocycles. The molecule has 128 valence electrons. The van der Waals surface area contributed by atoms with E-state index in [1.54, 1.807) is 0 Å². The van der Waals surface area contributed by atoms with Gasteiger partial charge in [-0.1, -0.05) is 13.8 Å². The van der Waals surface area contributed by atoms with Gasteiger partial charge in [0.15, 0.2) is 5.65 Å². The van der Waals surface area contributed by atoms with Gasteiger partial charge in [0.05, 0.1) is 12.0 Å². The maximum atomic E-state index is 4.78. The quantitative estimate of drug-likeness (QED) is 0.711. The summed E-state index contributed by atoms with van der Waals surface area (Å²) < 4.78 is 2.17. The highest BCUT2D eigenvalue weighted by molar-refractivity contribution is 5.74. The van der Waals surface area contributed by atoms with Crippen LogP contribution < -0.4 is 4.90 Å². The van der Waals surface area contributed by atoms with Crippen LogP contribution in [0.1, 0.15) is 39.8 Å². The maximum absolute atomic E-state index is 4.78. The molecule has 0 radical (unpaired) electrons. The molecule has 0 unspecified atom stereocenters. The second-order valence-electron chi connectivity index (χ2n) is 5.77. The molecule has 0 spiro atoms. The molecule has 6 nitrogen and oxygen atoms in total. The number of fused-ring (bicyclic) bond motifs is 1. The van der Waals surface area contributed by atoms with E-state index < -0.39 is 0 Å². The first-order valence-electron chi connectivity index (χ1n) is 8.81. The number of nitrogens with zero attached hydrogens (tertiary/aromatic N) is 6. The molecule has 23 heavy (non-hydrogen) atoms. The SMILES string of the molecule is CCN(CC)CCCn1cnc2c(C)nc(N(CC)CC)nc21. The Balaban J connectivity index is 2.20. The zero-order valence-electron chi connectivity index (χ0n) is 15.2. The monoisotopic (exact) mass is 318 g/mol. The van der Waals surface area contributed by atoms with Crippen LogP contribution in [0.15, 0.2) is 6.33 Å². The van der Waals surface area contributed by atoms with Crippen LogP contribution in [0.2, 0.25) is 0 Å². The molecule has 2 aromatic heterocycles. The van der Waals surface area contributed by atoms with Crippen LogP contribution in [-0.2, 0) is 6.54 Å². The van der Waals surface area contributed by atoms with Crippen LogP contribution in [0.4, 0.5) is 5.95 Å². The minimum atomic E-state index is 0.811. The predicted molar refractivity (Wildman–Crippen MR) is 96.0 cm³/mol. The Morgan fingerprint density at radius 1 is 1.00 bits per heavy atom. The van der Waals surface area contributed by atoms with Crippen LogP contribution >= 0.6 is 0 Å². The van der Waals surface area contributed by atoms with Crippen molar-refractivity contribution < 1.29 is 0 Å². The van der Waals surface area contributed by atoms with Gasteiger partial charge in [-0.25, -0.2) is 9.97 Å². The van der Waals surface area contributed by atoms with E-state index in [9.17, 15) is 0 Å². The van der Waals surface area contributed by atoms with Gasteiger partial charge in [0.25, 0.3) is 0 Å². The maximum Gasteiger partial charge on any atom is 0.227 e. The van der Waals surface area contributed by atoms with Gasteiger partial charge < -0.3 is 14.4 Å². The highest BCUT2D eigenvalue weighted by Crippen LogP contribution is 2.18. The van der Waals surface area contributed by atoms with Gasteiger partial charge >= 0.3 is 0 Å². The zero-order valence-corrected chi connectivity index (χ0v) is 15.2. The topological polar surface area (TPSA) is 50.1 Å². The summed E-state index contributed by atoms with van der Waals surface area (Å²) in [5, 5.41) is 0. The van der Waals surface area contributed by atoms with Gasteiger partial charge in [-0.15, -0.1) is 0 Å². The van der Waals surface area contributed by atoms with Crippen molar-refractivity contribution in [3.63, 3.8) is 0 Å². The van der Waals surface area contributed by atoms with Crippen molar-refractivity contribution in [3.05, 3.63) is 12.0 Å². The normalized spacial score (nSPS) is 11.6. The van der Waals surface area contributed by atoms with Crippen LogP contribution in [0.25, 0.3) is 11.2 Å². The Bertz CT molecular complexity index is 613. The number of aryl methyl sites for hydroxylation is 2. The average Bonchev–Trinajstić information content (AvgIpc) is 2.96. The van der Waals surface area contributed by atoms with E-state index in [0.29, 0.717) is 0 Å². The Hall–Kier alpha value is -1.69. The number of hydrogen-bond donors (Lipinski definition) is 0. The molecule has 2 aromatic rings. The first-order chi connectivity index (χ1) is 11.1. The van der Waals surface area contributed by atoms with Gasteiger partial charge in [0.1, 0.15) is 5.52 Å². The number of anilines is 1. The lowest BCUT2D eigenvalue weighted by molar-refractivity contribution is 0.293. The van der Waals surface area contributed by atoms with Crippen molar-refractivity contribution in [2.24, 2.45) is 0 Å². The van der Waals surface area contributed by atoms with E-state index >= 15 is 0 Å². The third-order valence-corrected chi connectivity index (χ3v) is 4.44. The van der Waals surface area contributed by atoms with Crippen molar-refractivity contribution >= 4 is 17.1 Å². The van der Waals surface area contributed by atoms with E-state index in [4.69, 9.17) is 4.98 Å². The van der Waals surface area contributed by atoms with Gasteiger partial charge in [-0.2, -0.15) is 4.98 Å². The highest BCUT2D eigenvalue weighted by Gasteiger charge is 2.13. The summed E-state index contributed by atoms with van der Waals surface area (Å²) in [6.45, 7) is 16.8. The van der Waals surface area contributed by atoms with Crippen LogP contribution in [0.5, 0.6) is 0 Å². The van der Waals surface area contributed by atoms with Gasteiger partial charge in [-0.3, -0.25) is 0 Å². The van der Waals surface area contributed by atoms with Crippen molar-refractivity contribution in [1.29, 1.82) is 0 Å². The minimum absolute atomic E-state index is 0.811. The molecule has 6 heteroatoms. The Labute approximate surface area is 139 Å². The lowest BCUT2D eigenvalue weighted by Gasteiger charge is -2.19. The molecular formula is C17H30N6. The molecule has 0 amide bonds. The standard InChI is InChI=1S/C17H30N6/c1-6-21(7-2)11-10-12-23-13-18-15-14(5)19-17(20-16(15)23)22(8-3)9-4/h13H,6-12H2,1-5H3. The highest BCUT2D eigenvalue weighted by atomic mass is 15.3. The van der Waals surface area contributed by atoms with Crippen molar-refractivity contribution in [3.8, 4) is 0 Å². The summed E-state index contributed by atoms with van der Waals surface area (Å²) in [6.07, 6.45) is 3.01. The lowest BCUT2D eigenvalue weighted by atomic mass is 10.3. The molecule has 0 saturated carbocycles. The Morgan fingerprint density at radius 2 is 1.70 bits per heavy atom. The number of rotatable bonds is 9. The molecule has 0 bridgehead atoms. The van der Waals surface area contributed by atoms with E-state index in [1.165, 1.54) is 0 Å². The molecule has 0 saturated heterocycles. The zero-order chi connectivity index (χ0) is 16.8. The largest absolute Gasteiger partial charge is 0.341 e. The fourth-order valence-corrected chi connectivity index (χ4v) is 2.89. The van der Waals surface area contributed by atoms with E-state index in [0.717, 1.165) is 68.5 Å². The lowest BCUT2D eigenvalue weighted by Crippen LogP contribution is -2.25. The number of aromatic nitrogens is 4. The first-order valence-corrected chi connectivity index (χ1v) is 8.81. The van der Waals surface area contributed by atoms with Gasteiger partial charge in [-0.05, 0) is 46.8 Å². The second kappa shape index (κ2) is 8.24. The summed E-state index contributed by atoms with van der Waals surface area (Å²) in [6, 6.07) is 0. The molecular weight excluding hydrogens is 288 g/mol. The fraction of sp³-hybridized carbons (Fsp3) is 0.706. The summed E-state index contributed by atoms with van der Waals surface area (Å²) in [4.78, 5) is 18.5. The summed E-state index contributed by atoms with van der Waals surface area (Å²) in [7, 11) is 0. The third kappa shape index (κ3) is 3.99. The minimum Gasteiger partial charge on any atom is -0.341 e. The van der Waals surface area contributed by atoms with E-state index in [1.807, 2.05) is 13.3 Å². The first kappa shape index (κ1) is 17.7. The summed E-state index contributed by atoms with van der Waals surface area (Å²) in [5.41, 5.74) is 2.84. The van der Waals surface area contributed by atoms with Crippen molar-refractivity contribution in [2.75, 3.05) is 37.6 Å². The molecule has 2 rings (SSSR count). The predicted octanol–water partition coefficient (Wildman–Crippen LogP) is 2.71. The van der Waals surface area contributed by atoms with E-state index in [-0.39, 0.29) is 0 Å². The molecule has 0 atom stereocenters. The average molecular weight is 318 g/mol. The summed E-state index contributed by atoms with van der Waals surface area (Å²) >= 11 is 0. The van der Waals surface area contributed by atoms with Crippen LogP contribution in [0.3, 0.4) is 0 Å². The van der Waals surface area contributed by atoms with Crippen LogP contribution in [0, 0.1) is 6.92 Å².